The topological polar surface area (TPSA) is 59.5 Å². The van der Waals surface area contributed by atoms with Crippen LogP contribution < -0.4 is 5.73 Å². The molecule has 1 aromatic heterocycles. The van der Waals surface area contributed by atoms with Crippen LogP contribution in [-0.4, -0.2) is 29.9 Å². The van der Waals surface area contributed by atoms with E-state index in [1.54, 1.807) is 24.3 Å². The van der Waals surface area contributed by atoms with Gasteiger partial charge in [-0.1, -0.05) is 12.1 Å². The molecule has 2 unspecified atom stereocenters. The summed E-state index contributed by atoms with van der Waals surface area (Å²) in [5, 5.41) is 0. The molecular formula is C20H25FN2O2. The van der Waals surface area contributed by atoms with E-state index in [1.807, 2.05) is 17.9 Å². The van der Waals surface area contributed by atoms with Crippen LogP contribution in [0.1, 0.15) is 31.9 Å². The highest BCUT2D eigenvalue weighted by atomic mass is 19.1. The van der Waals surface area contributed by atoms with Gasteiger partial charge in [0, 0.05) is 32.0 Å². The summed E-state index contributed by atoms with van der Waals surface area (Å²) in [6.07, 6.45) is 3.02. The fourth-order valence-electron chi connectivity index (χ4n) is 3.37. The highest BCUT2D eigenvalue weighted by Crippen LogP contribution is 2.25. The van der Waals surface area contributed by atoms with Crippen molar-refractivity contribution in [3.05, 3.63) is 48.0 Å². The number of benzene rings is 1. The summed E-state index contributed by atoms with van der Waals surface area (Å²) < 4.78 is 19.5. The normalized spacial score (nSPS) is 19.0. The molecule has 2 N–H and O–H groups in total. The van der Waals surface area contributed by atoms with Gasteiger partial charge in [-0.05, 0) is 49.9 Å². The maximum atomic E-state index is 13.8. The number of nitrogens with zero attached hydrogens (tertiary/aromatic N) is 1. The predicted molar refractivity (Wildman–Crippen MR) is 95.4 cm³/mol. The lowest BCUT2D eigenvalue weighted by atomic mass is 9.92. The number of amides is 1. The second-order valence-electron chi connectivity index (χ2n) is 6.85. The smallest absolute Gasteiger partial charge is 0.223 e. The molecule has 2 atom stereocenters. The number of furan rings is 1. The van der Waals surface area contributed by atoms with Crippen molar-refractivity contribution in [1.82, 2.24) is 4.90 Å². The molecule has 0 bridgehead atoms. The average Bonchev–Trinajstić information content (AvgIpc) is 3.09. The molecule has 25 heavy (non-hydrogen) atoms. The first-order chi connectivity index (χ1) is 12.0. The third kappa shape index (κ3) is 4.28. The van der Waals surface area contributed by atoms with Crippen molar-refractivity contribution < 1.29 is 13.6 Å². The van der Waals surface area contributed by atoms with Crippen molar-refractivity contribution in [3.8, 4) is 11.3 Å². The molecule has 5 heteroatoms. The standard InChI is InChI=1S/C20H25FN2O2/c1-14(22)15-5-4-12-23(13-15)20(24)11-9-16-8-10-19(25-16)17-6-2-3-7-18(17)21/h2-3,6-8,10,14-15H,4-5,9,11-13,22H2,1H3. The molecule has 2 heterocycles. The second-order valence-corrected chi connectivity index (χ2v) is 6.85. The Kier molecular flexibility index (Phi) is 5.53. The monoisotopic (exact) mass is 344 g/mol. The molecule has 2 aromatic rings. The molecule has 1 saturated heterocycles. The number of carbonyl (C=O) groups excluding carboxylic acids is 1. The lowest BCUT2D eigenvalue weighted by molar-refractivity contribution is -0.133. The molecule has 0 spiro atoms. The lowest BCUT2D eigenvalue weighted by Gasteiger charge is -2.34. The lowest BCUT2D eigenvalue weighted by Crippen LogP contribution is -2.45. The van der Waals surface area contributed by atoms with E-state index in [4.69, 9.17) is 10.2 Å². The van der Waals surface area contributed by atoms with E-state index in [1.165, 1.54) is 6.07 Å². The summed E-state index contributed by atoms with van der Waals surface area (Å²) in [5.41, 5.74) is 6.42. The summed E-state index contributed by atoms with van der Waals surface area (Å²) >= 11 is 0. The maximum absolute atomic E-state index is 13.8. The Balaban J connectivity index is 1.57. The largest absolute Gasteiger partial charge is 0.461 e. The second kappa shape index (κ2) is 7.83. The minimum Gasteiger partial charge on any atom is -0.461 e. The number of aryl methyl sites for hydroxylation is 1. The van der Waals surface area contributed by atoms with Gasteiger partial charge in [-0.15, -0.1) is 0 Å². The molecular weight excluding hydrogens is 319 g/mol. The van der Waals surface area contributed by atoms with Crippen molar-refractivity contribution in [2.45, 2.75) is 38.6 Å². The van der Waals surface area contributed by atoms with Crippen molar-refractivity contribution >= 4 is 5.91 Å². The van der Waals surface area contributed by atoms with E-state index in [0.717, 1.165) is 25.9 Å². The van der Waals surface area contributed by atoms with E-state index in [0.29, 0.717) is 35.8 Å². The van der Waals surface area contributed by atoms with Gasteiger partial charge >= 0.3 is 0 Å². The first-order valence-corrected chi connectivity index (χ1v) is 8.91. The number of carbonyl (C=O) groups is 1. The Morgan fingerprint density at radius 2 is 2.16 bits per heavy atom. The van der Waals surface area contributed by atoms with E-state index >= 15 is 0 Å². The van der Waals surface area contributed by atoms with Gasteiger partial charge in [0.1, 0.15) is 17.3 Å². The number of likely N-dealkylation sites (tertiary alicyclic amines) is 1. The first-order valence-electron chi connectivity index (χ1n) is 8.91. The molecule has 0 aliphatic carbocycles. The van der Waals surface area contributed by atoms with Crippen LogP contribution in [0.25, 0.3) is 11.3 Å². The Hall–Kier alpha value is -2.14. The fraction of sp³-hybridized carbons (Fsp3) is 0.450. The third-order valence-electron chi connectivity index (χ3n) is 4.94. The van der Waals surface area contributed by atoms with Gasteiger partial charge in [-0.2, -0.15) is 0 Å². The Morgan fingerprint density at radius 1 is 1.36 bits per heavy atom. The minimum atomic E-state index is -0.310. The van der Waals surface area contributed by atoms with Crippen LogP contribution in [0.2, 0.25) is 0 Å². The zero-order chi connectivity index (χ0) is 17.8. The van der Waals surface area contributed by atoms with Crippen LogP contribution in [0.3, 0.4) is 0 Å². The number of hydrogen-bond acceptors (Lipinski definition) is 3. The fourth-order valence-corrected chi connectivity index (χ4v) is 3.37. The zero-order valence-corrected chi connectivity index (χ0v) is 14.6. The van der Waals surface area contributed by atoms with Gasteiger partial charge in [0.2, 0.25) is 5.91 Å². The molecule has 1 aliphatic heterocycles. The molecule has 1 aliphatic rings. The van der Waals surface area contributed by atoms with Gasteiger partial charge in [-0.3, -0.25) is 4.79 Å². The van der Waals surface area contributed by atoms with E-state index in [9.17, 15) is 9.18 Å². The number of hydrogen-bond donors (Lipinski definition) is 1. The molecule has 3 rings (SSSR count). The zero-order valence-electron chi connectivity index (χ0n) is 14.6. The predicted octanol–water partition coefficient (Wildman–Crippen LogP) is 3.60. The van der Waals surface area contributed by atoms with Crippen LogP contribution in [0.5, 0.6) is 0 Å². The van der Waals surface area contributed by atoms with Crippen molar-refractivity contribution in [2.75, 3.05) is 13.1 Å². The number of rotatable bonds is 5. The number of halogens is 1. The van der Waals surface area contributed by atoms with E-state index in [-0.39, 0.29) is 17.8 Å². The SMILES string of the molecule is CC(N)C1CCCN(C(=O)CCc2ccc(-c3ccccc3F)o2)C1. The molecule has 0 saturated carbocycles. The Labute approximate surface area is 147 Å². The number of piperidine rings is 1. The van der Waals surface area contributed by atoms with Gasteiger partial charge in [0.15, 0.2) is 0 Å². The van der Waals surface area contributed by atoms with Gasteiger partial charge in [-0.25, -0.2) is 4.39 Å². The molecule has 1 aromatic carbocycles. The Morgan fingerprint density at radius 3 is 2.92 bits per heavy atom. The summed E-state index contributed by atoms with van der Waals surface area (Å²) in [4.78, 5) is 14.4. The average molecular weight is 344 g/mol. The molecule has 0 radical (unpaired) electrons. The molecule has 134 valence electrons. The van der Waals surface area contributed by atoms with E-state index < -0.39 is 0 Å². The van der Waals surface area contributed by atoms with Crippen LogP contribution in [0.4, 0.5) is 4.39 Å². The molecule has 1 amide bonds. The first kappa shape index (κ1) is 17.7. The van der Waals surface area contributed by atoms with Gasteiger partial charge in [0.05, 0.1) is 5.56 Å². The van der Waals surface area contributed by atoms with Crippen molar-refractivity contribution in [2.24, 2.45) is 11.7 Å². The molecule has 4 nitrogen and oxygen atoms in total. The van der Waals surface area contributed by atoms with E-state index in [2.05, 4.69) is 0 Å². The summed E-state index contributed by atoms with van der Waals surface area (Å²) in [5.74, 6) is 1.40. The van der Waals surface area contributed by atoms with Crippen LogP contribution in [-0.2, 0) is 11.2 Å². The summed E-state index contributed by atoms with van der Waals surface area (Å²) in [6, 6.07) is 10.2. The van der Waals surface area contributed by atoms with Crippen molar-refractivity contribution in [3.63, 3.8) is 0 Å². The summed E-state index contributed by atoms with van der Waals surface area (Å²) in [7, 11) is 0. The highest BCUT2D eigenvalue weighted by molar-refractivity contribution is 5.76. The minimum absolute atomic E-state index is 0.115. The number of nitrogens with two attached hydrogens (primary N) is 1. The van der Waals surface area contributed by atoms with Crippen LogP contribution in [0.15, 0.2) is 40.8 Å². The maximum Gasteiger partial charge on any atom is 0.223 e. The van der Waals surface area contributed by atoms with Crippen LogP contribution >= 0.6 is 0 Å². The quantitative estimate of drug-likeness (QED) is 0.901. The van der Waals surface area contributed by atoms with Crippen molar-refractivity contribution in [1.29, 1.82) is 0 Å². The van der Waals surface area contributed by atoms with Crippen LogP contribution in [0, 0.1) is 11.7 Å². The molecule has 1 fully saturated rings. The Bertz CT molecular complexity index is 726. The van der Waals surface area contributed by atoms with Gasteiger partial charge in [0.25, 0.3) is 0 Å². The highest BCUT2D eigenvalue weighted by Gasteiger charge is 2.25. The summed E-state index contributed by atoms with van der Waals surface area (Å²) in [6.45, 7) is 3.56. The third-order valence-corrected chi connectivity index (χ3v) is 4.94. The van der Waals surface area contributed by atoms with Gasteiger partial charge < -0.3 is 15.1 Å².